The molecule has 1 heterocycles. The van der Waals surface area contributed by atoms with Crippen LogP contribution in [0.1, 0.15) is 57.8 Å². The summed E-state index contributed by atoms with van der Waals surface area (Å²) in [5, 5.41) is 8.52. The molecule has 0 atom stereocenters. The maximum Gasteiger partial charge on any atom is 0.225 e. The lowest BCUT2D eigenvalue weighted by Crippen LogP contribution is -2.25. The largest absolute Gasteiger partial charge is 0.366 e. The fraction of sp³-hybridized carbons (Fsp3) is 0.636. The Balaban J connectivity index is 1.41. The Morgan fingerprint density at radius 3 is 2.41 bits per heavy atom. The molecule has 2 aromatic rings. The first kappa shape index (κ1) is 17.7. The van der Waals surface area contributed by atoms with Gasteiger partial charge in [-0.05, 0) is 84.3 Å². The predicted octanol–water partition coefficient (Wildman–Crippen LogP) is 5.99. The maximum absolute atomic E-state index is 4.93. The summed E-state index contributed by atoms with van der Waals surface area (Å²) in [7, 11) is 0. The molecule has 3 aliphatic rings. The normalized spacial score (nSPS) is 21.0. The van der Waals surface area contributed by atoms with Gasteiger partial charge in [0.15, 0.2) is 0 Å². The minimum atomic E-state index is 0.591. The van der Waals surface area contributed by atoms with Gasteiger partial charge in [-0.3, -0.25) is 0 Å². The third-order valence-corrected chi connectivity index (χ3v) is 7.15. The lowest BCUT2D eigenvalue weighted by atomic mass is 9.89. The molecule has 27 heavy (non-hydrogen) atoms. The highest BCUT2D eigenvalue weighted by molar-refractivity contribution is 9.10. The molecule has 3 aliphatic carbocycles. The van der Waals surface area contributed by atoms with Crippen LogP contribution in [0.15, 0.2) is 22.7 Å². The minimum absolute atomic E-state index is 0.591. The summed E-state index contributed by atoms with van der Waals surface area (Å²) < 4.78 is 1.04. The Bertz CT molecular complexity index is 797. The van der Waals surface area contributed by atoms with Crippen LogP contribution in [-0.4, -0.2) is 22.6 Å². The monoisotopic (exact) mass is 428 g/mol. The van der Waals surface area contributed by atoms with Crippen molar-refractivity contribution < 1.29 is 0 Å². The van der Waals surface area contributed by atoms with Crippen molar-refractivity contribution >= 4 is 38.6 Å². The number of hydrogen-bond acceptors (Lipinski definition) is 4. The first-order valence-corrected chi connectivity index (χ1v) is 11.5. The first-order valence-electron chi connectivity index (χ1n) is 10.7. The van der Waals surface area contributed by atoms with Gasteiger partial charge in [0.2, 0.25) is 5.95 Å². The van der Waals surface area contributed by atoms with Gasteiger partial charge >= 0.3 is 0 Å². The number of fused-ring (bicyclic) bond motifs is 1. The van der Waals surface area contributed by atoms with E-state index in [0.29, 0.717) is 6.04 Å². The van der Waals surface area contributed by atoms with Crippen molar-refractivity contribution in [3.63, 3.8) is 0 Å². The molecule has 0 spiro atoms. The summed E-state index contributed by atoms with van der Waals surface area (Å²) >= 11 is 3.70. The summed E-state index contributed by atoms with van der Waals surface area (Å²) in [4.78, 5) is 9.77. The second-order valence-corrected chi connectivity index (χ2v) is 9.62. The summed E-state index contributed by atoms with van der Waals surface area (Å²) in [5.74, 6) is 4.23. The number of para-hydroxylation sites is 1. The lowest BCUT2D eigenvalue weighted by molar-refractivity contribution is 0.373. The Morgan fingerprint density at radius 2 is 1.70 bits per heavy atom. The van der Waals surface area contributed by atoms with E-state index in [1.165, 1.54) is 57.8 Å². The molecule has 5 heteroatoms. The van der Waals surface area contributed by atoms with Gasteiger partial charge in [0.1, 0.15) is 5.82 Å². The number of nitrogens with one attached hydrogen (secondary N) is 2. The summed E-state index contributed by atoms with van der Waals surface area (Å²) in [6.07, 6.45) is 12.3. The average molecular weight is 429 g/mol. The second-order valence-electron chi connectivity index (χ2n) is 8.76. The smallest absolute Gasteiger partial charge is 0.225 e. The Kier molecular flexibility index (Phi) is 4.97. The third kappa shape index (κ3) is 4.08. The fourth-order valence-electron chi connectivity index (χ4n) is 4.62. The van der Waals surface area contributed by atoms with Crippen molar-refractivity contribution in [1.29, 1.82) is 0 Å². The molecule has 4 nitrogen and oxygen atoms in total. The van der Waals surface area contributed by atoms with E-state index < -0.39 is 0 Å². The molecule has 3 fully saturated rings. The Hall–Kier alpha value is -1.36. The zero-order valence-electron chi connectivity index (χ0n) is 15.9. The van der Waals surface area contributed by atoms with Crippen LogP contribution in [0.5, 0.6) is 0 Å². The van der Waals surface area contributed by atoms with Crippen LogP contribution >= 0.6 is 15.9 Å². The van der Waals surface area contributed by atoms with Crippen molar-refractivity contribution in [1.82, 2.24) is 9.97 Å². The quantitative estimate of drug-likeness (QED) is 0.568. The van der Waals surface area contributed by atoms with Crippen LogP contribution in [0.25, 0.3) is 10.9 Å². The average Bonchev–Trinajstić information content (AvgIpc) is 3.59. The number of rotatable bonds is 7. The topological polar surface area (TPSA) is 49.8 Å². The Morgan fingerprint density at radius 1 is 0.963 bits per heavy atom. The van der Waals surface area contributed by atoms with Crippen molar-refractivity contribution in [2.75, 3.05) is 17.2 Å². The number of halogens is 1. The molecular formula is C22H29BrN4. The standard InChI is InChI=1S/C22H29BrN4/c23-18-8-4-7-17-20(18)26-22(24-13-14-5-2-1-3-6-14)27-21(17)25-19(15-9-10-15)16-11-12-16/h4,7-8,14-16,19H,1-3,5-6,9-13H2,(H2,24,25,26,27). The first-order chi connectivity index (χ1) is 13.3. The minimum Gasteiger partial charge on any atom is -0.366 e. The number of benzene rings is 1. The Labute approximate surface area is 170 Å². The van der Waals surface area contributed by atoms with E-state index in [1.54, 1.807) is 0 Å². The zero-order valence-corrected chi connectivity index (χ0v) is 17.5. The summed E-state index contributed by atoms with van der Waals surface area (Å²) in [5.41, 5.74) is 1.01. The van der Waals surface area contributed by atoms with Gasteiger partial charge in [0, 0.05) is 22.4 Å². The van der Waals surface area contributed by atoms with Crippen LogP contribution in [0, 0.1) is 17.8 Å². The predicted molar refractivity (Wildman–Crippen MR) is 115 cm³/mol. The second kappa shape index (κ2) is 7.57. The molecule has 2 N–H and O–H groups in total. The molecule has 0 unspecified atom stereocenters. The number of nitrogens with zero attached hydrogens (tertiary/aromatic N) is 2. The van der Waals surface area contributed by atoms with E-state index in [0.717, 1.165) is 51.4 Å². The van der Waals surface area contributed by atoms with Crippen LogP contribution in [0.2, 0.25) is 0 Å². The van der Waals surface area contributed by atoms with Crippen LogP contribution < -0.4 is 10.6 Å². The molecule has 5 rings (SSSR count). The molecule has 3 saturated carbocycles. The van der Waals surface area contributed by atoms with Gasteiger partial charge in [0.05, 0.1) is 5.52 Å². The van der Waals surface area contributed by atoms with Gasteiger partial charge in [0.25, 0.3) is 0 Å². The van der Waals surface area contributed by atoms with Crippen LogP contribution in [-0.2, 0) is 0 Å². The molecule has 0 saturated heterocycles. The highest BCUT2D eigenvalue weighted by Gasteiger charge is 2.41. The fourth-order valence-corrected chi connectivity index (χ4v) is 5.08. The summed E-state index contributed by atoms with van der Waals surface area (Å²) in [6.45, 7) is 0.990. The van der Waals surface area contributed by atoms with Crippen LogP contribution in [0.3, 0.4) is 0 Å². The maximum atomic E-state index is 4.93. The van der Waals surface area contributed by atoms with Gasteiger partial charge < -0.3 is 10.6 Å². The van der Waals surface area contributed by atoms with Gasteiger partial charge in [-0.15, -0.1) is 0 Å². The molecule has 144 valence electrons. The molecule has 0 bridgehead atoms. The summed E-state index contributed by atoms with van der Waals surface area (Å²) in [6, 6.07) is 6.89. The molecule has 0 amide bonds. The number of anilines is 2. The molecule has 0 aliphatic heterocycles. The zero-order chi connectivity index (χ0) is 18.2. The molecular weight excluding hydrogens is 400 g/mol. The van der Waals surface area contributed by atoms with Crippen LogP contribution in [0.4, 0.5) is 11.8 Å². The van der Waals surface area contributed by atoms with Crippen molar-refractivity contribution in [2.24, 2.45) is 17.8 Å². The van der Waals surface area contributed by atoms with E-state index in [9.17, 15) is 0 Å². The van der Waals surface area contributed by atoms with Gasteiger partial charge in [-0.1, -0.05) is 25.3 Å². The van der Waals surface area contributed by atoms with Crippen molar-refractivity contribution in [3.05, 3.63) is 22.7 Å². The lowest BCUT2D eigenvalue weighted by Gasteiger charge is -2.23. The van der Waals surface area contributed by atoms with Crippen molar-refractivity contribution in [3.8, 4) is 0 Å². The van der Waals surface area contributed by atoms with Gasteiger partial charge in [-0.2, -0.15) is 4.98 Å². The van der Waals surface area contributed by atoms with E-state index >= 15 is 0 Å². The van der Waals surface area contributed by atoms with Crippen molar-refractivity contribution in [2.45, 2.75) is 63.8 Å². The molecule has 1 aromatic carbocycles. The van der Waals surface area contributed by atoms with E-state index in [4.69, 9.17) is 9.97 Å². The third-order valence-electron chi connectivity index (χ3n) is 6.51. The number of hydrogen-bond donors (Lipinski definition) is 2. The molecule has 0 radical (unpaired) electrons. The van der Waals surface area contributed by atoms with E-state index in [1.807, 2.05) is 0 Å². The highest BCUT2D eigenvalue weighted by Crippen LogP contribution is 2.46. The number of aromatic nitrogens is 2. The van der Waals surface area contributed by atoms with E-state index in [-0.39, 0.29) is 0 Å². The van der Waals surface area contributed by atoms with Gasteiger partial charge in [-0.25, -0.2) is 4.98 Å². The van der Waals surface area contributed by atoms with E-state index in [2.05, 4.69) is 44.8 Å². The molecule has 1 aromatic heterocycles. The highest BCUT2D eigenvalue weighted by atomic mass is 79.9. The SMILES string of the molecule is Brc1cccc2c(NC(C3CC3)C3CC3)nc(NCC3CCCCC3)nc12.